The highest BCUT2D eigenvalue weighted by Crippen LogP contribution is 2.14. The fourth-order valence-electron chi connectivity index (χ4n) is 2.14. The van der Waals surface area contributed by atoms with Gasteiger partial charge in [-0.3, -0.25) is 0 Å². The molecule has 0 amide bonds. The Morgan fingerprint density at radius 3 is 2.30 bits per heavy atom. The number of methoxy groups -OCH3 is 1. The Balaban J connectivity index is 2.08. The van der Waals surface area contributed by atoms with Gasteiger partial charge in [0.05, 0.1) is 12.7 Å². The van der Waals surface area contributed by atoms with E-state index in [1.54, 1.807) is 31.2 Å². The van der Waals surface area contributed by atoms with Crippen molar-refractivity contribution in [1.82, 2.24) is 0 Å². The van der Waals surface area contributed by atoms with Crippen molar-refractivity contribution in [2.45, 2.75) is 20.5 Å². The monoisotopic (exact) mass is 316 g/mol. The highest BCUT2D eigenvalue weighted by atomic mass is 16.5. The molecule has 0 radical (unpaired) electrons. The highest BCUT2D eigenvalue weighted by Gasteiger charge is 2.16. The summed E-state index contributed by atoms with van der Waals surface area (Å²) in [7, 11) is 1.31. The van der Waals surface area contributed by atoms with Crippen LogP contribution in [0, 0.1) is 13.8 Å². The van der Waals surface area contributed by atoms with Gasteiger partial charge in [0, 0.05) is 6.07 Å². The molecule has 1 aromatic carbocycles. The lowest BCUT2D eigenvalue weighted by Crippen LogP contribution is -2.13. The molecule has 2 aromatic rings. The maximum atomic E-state index is 12.1. The minimum absolute atomic E-state index is 0.0400. The molecule has 0 atom stereocenters. The largest absolute Gasteiger partial charge is 0.465 e. The zero-order valence-electron chi connectivity index (χ0n) is 13.0. The highest BCUT2D eigenvalue weighted by molar-refractivity contribution is 5.92. The number of rotatable bonds is 4. The van der Waals surface area contributed by atoms with Crippen LogP contribution in [0.15, 0.2) is 39.5 Å². The fourth-order valence-corrected chi connectivity index (χ4v) is 2.14. The van der Waals surface area contributed by atoms with E-state index in [-0.39, 0.29) is 17.9 Å². The Bertz CT molecular complexity index is 759. The third-order valence-corrected chi connectivity index (χ3v) is 3.28. The SMILES string of the molecule is COC(=O)c1ccc(COC(=O)c2c(C)cc(=O)oc2C)cc1. The molecule has 1 heterocycles. The van der Waals surface area contributed by atoms with E-state index in [1.165, 1.54) is 20.1 Å². The predicted octanol–water partition coefficient (Wildman–Crippen LogP) is 2.40. The summed E-state index contributed by atoms with van der Waals surface area (Å²) in [6.45, 7) is 3.22. The average molecular weight is 316 g/mol. The van der Waals surface area contributed by atoms with Crippen LogP contribution in [0.5, 0.6) is 0 Å². The van der Waals surface area contributed by atoms with Gasteiger partial charge >= 0.3 is 17.6 Å². The van der Waals surface area contributed by atoms with Crippen molar-refractivity contribution in [2.75, 3.05) is 7.11 Å². The van der Waals surface area contributed by atoms with Gasteiger partial charge in [-0.05, 0) is 37.1 Å². The predicted molar refractivity (Wildman–Crippen MR) is 81.4 cm³/mol. The molecule has 0 fully saturated rings. The van der Waals surface area contributed by atoms with Gasteiger partial charge < -0.3 is 13.9 Å². The lowest BCUT2D eigenvalue weighted by Gasteiger charge is -2.09. The summed E-state index contributed by atoms with van der Waals surface area (Å²) in [5, 5.41) is 0. The van der Waals surface area contributed by atoms with E-state index in [2.05, 4.69) is 4.74 Å². The van der Waals surface area contributed by atoms with Crippen LogP contribution in [-0.2, 0) is 16.1 Å². The van der Waals surface area contributed by atoms with Crippen LogP contribution in [0.25, 0.3) is 0 Å². The van der Waals surface area contributed by atoms with Crippen LogP contribution >= 0.6 is 0 Å². The van der Waals surface area contributed by atoms with Gasteiger partial charge in [-0.25, -0.2) is 14.4 Å². The minimum Gasteiger partial charge on any atom is -0.465 e. The van der Waals surface area contributed by atoms with Crippen molar-refractivity contribution in [1.29, 1.82) is 0 Å². The third-order valence-electron chi connectivity index (χ3n) is 3.28. The molecule has 6 nitrogen and oxygen atoms in total. The van der Waals surface area contributed by atoms with Gasteiger partial charge in [0.2, 0.25) is 0 Å². The number of carbonyl (C=O) groups excluding carboxylic acids is 2. The maximum Gasteiger partial charge on any atom is 0.342 e. The summed E-state index contributed by atoms with van der Waals surface area (Å²) < 4.78 is 14.7. The maximum absolute atomic E-state index is 12.1. The number of hydrogen-bond acceptors (Lipinski definition) is 6. The second-order valence-electron chi connectivity index (χ2n) is 4.94. The molecular formula is C17H16O6. The molecule has 0 bridgehead atoms. The van der Waals surface area contributed by atoms with Gasteiger partial charge in [-0.15, -0.1) is 0 Å². The minimum atomic E-state index is -0.569. The number of carbonyl (C=O) groups is 2. The van der Waals surface area contributed by atoms with Gasteiger partial charge in [-0.1, -0.05) is 12.1 Å². The summed E-state index contributed by atoms with van der Waals surface area (Å²) in [6.07, 6.45) is 0. The Kier molecular flexibility index (Phi) is 4.95. The number of hydrogen-bond donors (Lipinski definition) is 0. The number of esters is 2. The molecule has 1 aromatic heterocycles. The van der Waals surface area contributed by atoms with Crippen LogP contribution < -0.4 is 5.63 Å². The molecular weight excluding hydrogens is 300 g/mol. The lowest BCUT2D eigenvalue weighted by molar-refractivity contribution is 0.0466. The first kappa shape index (κ1) is 16.5. The van der Waals surface area contributed by atoms with E-state index in [4.69, 9.17) is 9.15 Å². The Morgan fingerprint density at radius 2 is 1.74 bits per heavy atom. The molecule has 0 N–H and O–H groups in total. The summed E-state index contributed by atoms with van der Waals surface area (Å²) in [5.74, 6) is -0.777. The van der Waals surface area contributed by atoms with Crippen LogP contribution in [0.3, 0.4) is 0 Å². The van der Waals surface area contributed by atoms with Crippen molar-refractivity contribution in [3.8, 4) is 0 Å². The first-order valence-corrected chi connectivity index (χ1v) is 6.88. The molecule has 0 aliphatic carbocycles. The van der Waals surface area contributed by atoms with E-state index < -0.39 is 17.6 Å². The summed E-state index contributed by atoms with van der Waals surface area (Å²) in [5.41, 5.74) is 1.38. The van der Waals surface area contributed by atoms with E-state index in [0.717, 1.165) is 5.56 Å². The zero-order chi connectivity index (χ0) is 17.0. The van der Waals surface area contributed by atoms with Crippen molar-refractivity contribution in [3.05, 3.63) is 68.8 Å². The number of aryl methyl sites for hydroxylation is 2. The first-order valence-electron chi connectivity index (χ1n) is 6.88. The smallest absolute Gasteiger partial charge is 0.342 e. The molecule has 0 spiro atoms. The van der Waals surface area contributed by atoms with Crippen molar-refractivity contribution in [3.63, 3.8) is 0 Å². The van der Waals surface area contributed by atoms with E-state index >= 15 is 0 Å². The van der Waals surface area contributed by atoms with E-state index in [0.29, 0.717) is 11.1 Å². The molecule has 2 rings (SSSR count). The zero-order valence-corrected chi connectivity index (χ0v) is 13.0. The van der Waals surface area contributed by atoms with Crippen LogP contribution in [0.4, 0.5) is 0 Å². The average Bonchev–Trinajstić information content (AvgIpc) is 2.51. The van der Waals surface area contributed by atoms with Gasteiger partial charge in [-0.2, -0.15) is 0 Å². The third kappa shape index (κ3) is 3.85. The van der Waals surface area contributed by atoms with E-state index in [9.17, 15) is 14.4 Å². The summed E-state index contributed by atoms with van der Waals surface area (Å²) in [4.78, 5) is 34.7. The van der Waals surface area contributed by atoms with Crippen molar-refractivity contribution < 1.29 is 23.5 Å². The van der Waals surface area contributed by atoms with Gasteiger partial charge in [0.15, 0.2) is 0 Å². The van der Waals surface area contributed by atoms with Crippen LogP contribution in [-0.4, -0.2) is 19.0 Å². The summed E-state index contributed by atoms with van der Waals surface area (Å²) in [6, 6.07) is 7.77. The molecule has 0 saturated carbocycles. The molecule has 0 aliphatic rings. The topological polar surface area (TPSA) is 82.8 Å². The standard InChI is InChI=1S/C17H16O6/c1-10-8-14(18)23-11(2)15(10)17(20)22-9-12-4-6-13(7-5-12)16(19)21-3/h4-8H,9H2,1-3H3. The lowest BCUT2D eigenvalue weighted by atomic mass is 10.1. The molecule has 0 aliphatic heterocycles. The van der Waals surface area contributed by atoms with Gasteiger partial charge in [0.1, 0.15) is 17.9 Å². The second kappa shape index (κ2) is 6.91. The second-order valence-corrected chi connectivity index (χ2v) is 4.94. The molecule has 120 valence electrons. The molecule has 6 heteroatoms. The Hall–Kier alpha value is -2.89. The summed E-state index contributed by atoms with van der Waals surface area (Å²) >= 11 is 0. The number of ether oxygens (including phenoxy) is 2. The van der Waals surface area contributed by atoms with Gasteiger partial charge in [0.25, 0.3) is 0 Å². The first-order chi connectivity index (χ1) is 10.9. The van der Waals surface area contributed by atoms with Crippen molar-refractivity contribution in [2.24, 2.45) is 0 Å². The fraction of sp³-hybridized carbons (Fsp3) is 0.235. The number of benzene rings is 1. The van der Waals surface area contributed by atoms with E-state index in [1.807, 2.05) is 0 Å². The molecule has 23 heavy (non-hydrogen) atoms. The molecule has 0 unspecified atom stereocenters. The Labute approximate surface area is 132 Å². The quantitative estimate of drug-likeness (QED) is 0.806. The normalized spacial score (nSPS) is 10.2. The molecule has 0 saturated heterocycles. The van der Waals surface area contributed by atoms with Crippen LogP contribution in [0.1, 0.15) is 37.6 Å². The Morgan fingerprint density at radius 1 is 1.09 bits per heavy atom. The van der Waals surface area contributed by atoms with Crippen LogP contribution in [0.2, 0.25) is 0 Å². The van der Waals surface area contributed by atoms with Crippen molar-refractivity contribution >= 4 is 11.9 Å².